The van der Waals surface area contributed by atoms with E-state index in [0.29, 0.717) is 11.3 Å². The summed E-state index contributed by atoms with van der Waals surface area (Å²) in [6.07, 6.45) is 4.11. The maximum Gasteiger partial charge on any atom is 0.257 e. The van der Waals surface area contributed by atoms with Crippen molar-refractivity contribution < 1.29 is 18.7 Å². The fourth-order valence-electron chi connectivity index (χ4n) is 2.74. The summed E-state index contributed by atoms with van der Waals surface area (Å²) in [5, 5.41) is 14.2. The molecule has 0 aliphatic carbocycles. The number of halogens is 1. The van der Waals surface area contributed by atoms with E-state index in [1.54, 1.807) is 18.2 Å². The molecule has 2 heterocycles. The second kappa shape index (κ2) is 6.75. The van der Waals surface area contributed by atoms with Gasteiger partial charge in [0.2, 0.25) is 0 Å². The summed E-state index contributed by atoms with van der Waals surface area (Å²) in [6.45, 7) is 0.643. The van der Waals surface area contributed by atoms with Crippen LogP contribution in [0.15, 0.2) is 48.8 Å². The molecular formula is C17H17FN2O3. The third-order valence-electron chi connectivity index (χ3n) is 3.89. The summed E-state index contributed by atoms with van der Waals surface area (Å²) in [5.74, 6) is -0.693. The topological polar surface area (TPSA) is 65.3 Å². The van der Waals surface area contributed by atoms with Gasteiger partial charge in [0, 0.05) is 12.7 Å². The summed E-state index contributed by atoms with van der Waals surface area (Å²) < 4.78 is 19.4. The molecule has 1 aliphatic heterocycles. The molecule has 2 aromatic rings. The molecule has 6 heteroatoms. The third-order valence-corrected chi connectivity index (χ3v) is 3.89. The number of hydrogen-bond acceptors (Lipinski definition) is 3. The normalized spacial score (nSPS) is 18.6. The molecule has 1 N–H and O–H groups in total. The van der Waals surface area contributed by atoms with Crippen LogP contribution in [0, 0.1) is 11.0 Å². The molecule has 5 nitrogen and oxygen atoms in total. The van der Waals surface area contributed by atoms with Gasteiger partial charge in [0.15, 0.2) is 12.4 Å². The zero-order chi connectivity index (χ0) is 16.2. The maximum absolute atomic E-state index is 13.1. The number of amides is 1. The lowest BCUT2D eigenvalue weighted by molar-refractivity contribution is -0.605. The first-order chi connectivity index (χ1) is 11.1. The van der Waals surface area contributed by atoms with Crippen LogP contribution in [0.4, 0.5) is 4.39 Å². The van der Waals surface area contributed by atoms with Crippen molar-refractivity contribution in [3.8, 4) is 0 Å². The second-order valence-corrected chi connectivity index (χ2v) is 5.51. The monoisotopic (exact) mass is 316 g/mol. The zero-order valence-electron chi connectivity index (χ0n) is 12.4. The number of aromatic nitrogens is 1. The van der Waals surface area contributed by atoms with Gasteiger partial charge in [-0.1, -0.05) is 12.1 Å². The minimum Gasteiger partial charge on any atom is -0.619 e. The number of carbonyl (C=O) groups excluding carboxylic acids is 1. The van der Waals surface area contributed by atoms with E-state index < -0.39 is 0 Å². The molecule has 3 rings (SSSR count). The van der Waals surface area contributed by atoms with Gasteiger partial charge >= 0.3 is 0 Å². The number of nitrogens with one attached hydrogen (secondary N) is 1. The van der Waals surface area contributed by atoms with Gasteiger partial charge in [-0.15, -0.1) is 0 Å². The smallest absolute Gasteiger partial charge is 0.257 e. The van der Waals surface area contributed by atoms with E-state index in [4.69, 9.17) is 4.74 Å². The molecule has 1 fully saturated rings. The molecule has 1 aliphatic rings. The molecule has 120 valence electrons. The van der Waals surface area contributed by atoms with Crippen LogP contribution in [0.3, 0.4) is 0 Å². The van der Waals surface area contributed by atoms with Crippen LogP contribution in [0.1, 0.15) is 34.8 Å². The van der Waals surface area contributed by atoms with Gasteiger partial charge in [0.05, 0.1) is 12.1 Å². The van der Waals surface area contributed by atoms with E-state index >= 15 is 0 Å². The molecule has 1 amide bonds. The molecule has 0 saturated carbocycles. The van der Waals surface area contributed by atoms with Crippen molar-refractivity contribution in [2.24, 2.45) is 0 Å². The molecule has 1 saturated heterocycles. The Hall–Kier alpha value is -2.47. The fourth-order valence-corrected chi connectivity index (χ4v) is 2.74. The molecule has 0 bridgehead atoms. The van der Waals surface area contributed by atoms with Crippen LogP contribution in [-0.2, 0) is 4.74 Å². The Kier molecular flexibility index (Phi) is 4.52. The van der Waals surface area contributed by atoms with Crippen LogP contribution < -0.4 is 10.0 Å². The quantitative estimate of drug-likeness (QED) is 0.694. The summed E-state index contributed by atoms with van der Waals surface area (Å²) in [7, 11) is 0. The van der Waals surface area contributed by atoms with Gasteiger partial charge in [0.1, 0.15) is 11.4 Å². The third kappa shape index (κ3) is 3.65. The lowest BCUT2D eigenvalue weighted by Gasteiger charge is -2.24. The van der Waals surface area contributed by atoms with E-state index in [0.717, 1.165) is 18.4 Å². The van der Waals surface area contributed by atoms with Crippen LogP contribution in [0.5, 0.6) is 0 Å². The summed E-state index contributed by atoms with van der Waals surface area (Å²) in [6, 6.07) is 8.70. The number of carbonyl (C=O) groups is 1. The number of rotatable bonds is 4. The molecule has 1 aromatic heterocycles. The Morgan fingerprint density at radius 2 is 2.13 bits per heavy atom. The zero-order valence-corrected chi connectivity index (χ0v) is 12.4. The minimum absolute atomic E-state index is 0.160. The Morgan fingerprint density at radius 3 is 2.78 bits per heavy atom. The average molecular weight is 316 g/mol. The summed E-state index contributed by atoms with van der Waals surface area (Å²) >= 11 is 0. The Labute approximate surface area is 133 Å². The molecular weight excluding hydrogens is 299 g/mol. The van der Waals surface area contributed by atoms with Crippen LogP contribution in [0.2, 0.25) is 0 Å². The lowest BCUT2D eigenvalue weighted by atomic mass is 9.99. The Bertz CT molecular complexity index is 684. The van der Waals surface area contributed by atoms with Crippen molar-refractivity contribution in [3.63, 3.8) is 0 Å². The first-order valence-corrected chi connectivity index (χ1v) is 7.50. The number of benzene rings is 1. The standard InChI is InChI=1S/C17H17FN2O3/c18-14-7-5-12(6-8-14)16(15-4-2-10-23-15)19-17(21)13-3-1-9-20(22)11-13/h1,3,5-9,11,15-16H,2,4,10H2,(H,19,21)/t15-,16+/m1/s1. The lowest BCUT2D eigenvalue weighted by Crippen LogP contribution is -2.37. The van der Waals surface area contributed by atoms with E-state index in [1.807, 2.05) is 0 Å². The second-order valence-electron chi connectivity index (χ2n) is 5.51. The Morgan fingerprint density at radius 1 is 1.35 bits per heavy atom. The highest BCUT2D eigenvalue weighted by Crippen LogP contribution is 2.27. The number of pyridine rings is 1. The highest BCUT2D eigenvalue weighted by Gasteiger charge is 2.29. The van der Waals surface area contributed by atoms with Crippen molar-refractivity contribution in [2.75, 3.05) is 6.61 Å². The molecule has 23 heavy (non-hydrogen) atoms. The van der Waals surface area contributed by atoms with E-state index in [2.05, 4.69) is 5.32 Å². The van der Waals surface area contributed by atoms with Gasteiger partial charge in [-0.3, -0.25) is 4.79 Å². The fraction of sp³-hybridized carbons (Fsp3) is 0.294. The summed E-state index contributed by atoms with van der Waals surface area (Å²) in [5.41, 5.74) is 1.05. The predicted octanol–water partition coefficient (Wildman–Crippen LogP) is 2.11. The van der Waals surface area contributed by atoms with Crippen LogP contribution in [-0.4, -0.2) is 18.6 Å². The average Bonchev–Trinajstić information content (AvgIpc) is 3.07. The SMILES string of the molecule is O=C(N[C@@H](c1ccc(F)cc1)[C@H]1CCCO1)c1ccc[n+]([O-])c1. The highest BCUT2D eigenvalue weighted by molar-refractivity contribution is 5.93. The first kappa shape index (κ1) is 15.4. The van der Waals surface area contributed by atoms with Crippen LogP contribution in [0.25, 0.3) is 0 Å². The van der Waals surface area contributed by atoms with E-state index in [1.165, 1.54) is 30.6 Å². The summed E-state index contributed by atoms with van der Waals surface area (Å²) in [4.78, 5) is 12.4. The van der Waals surface area contributed by atoms with Gasteiger partial charge in [-0.2, -0.15) is 4.73 Å². The molecule has 2 atom stereocenters. The van der Waals surface area contributed by atoms with Gasteiger partial charge < -0.3 is 15.3 Å². The largest absolute Gasteiger partial charge is 0.619 e. The van der Waals surface area contributed by atoms with E-state index in [-0.39, 0.29) is 29.4 Å². The Balaban J connectivity index is 1.83. The number of hydrogen-bond donors (Lipinski definition) is 1. The highest BCUT2D eigenvalue weighted by atomic mass is 19.1. The molecule has 0 unspecified atom stereocenters. The van der Waals surface area contributed by atoms with Gasteiger partial charge in [-0.25, -0.2) is 4.39 Å². The van der Waals surface area contributed by atoms with Crippen molar-refractivity contribution in [1.29, 1.82) is 0 Å². The number of nitrogens with zero attached hydrogens (tertiary/aromatic N) is 1. The van der Waals surface area contributed by atoms with Crippen LogP contribution >= 0.6 is 0 Å². The van der Waals surface area contributed by atoms with Gasteiger partial charge in [-0.05, 0) is 36.6 Å². The first-order valence-electron chi connectivity index (χ1n) is 7.50. The molecule has 0 radical (unpaired) electrons. The van der Waals surface area contributed by atoms with Crippen molar-refractivity contribution in [1.82, 2.24) is 5.32 Å². The maximum atomic E-state index is 13.1. The van der Waals surface area contributed by atoms with Crippen molar-refractivity contribution in [3.05, 3.63) is 70.9 Å². The van der Waals surface area contributed by atoms with Gasteiger partial charge in [0.25, 0.3) is 5.91 Å². The molecule has 0 spiro atoms. The minimum atomic E-state index is -0.383. The molecule has 1 aromatic carbocycles. The van der Waals surface area contributed by atoms with Crippen molar-refractivity contribution in [2.45, 2.75) is 25.0 Å². The van der Waals surface area contributed by atoms with E-state index in [9.17, 15) is 14.4 Å². The van der Waals surface area contributed by atoms with Crippen molar-refractivity contribution >= 4 is 5.91 Å². The predicted molar refractivity (Wildman–Crippen MR) is 81.0 cm³/mol. The number of ether oxygens (including phenoxy) is 1.